The van der Waals surface area contributed by atoms with Gasteiger partial charge in [0.1, 0.15) is 36.3 Å². The van der Waals surface area contributed by atoms with Crippen molar-refractivity contribution in [3.8, 4) is 0 Å². The normalized spacial score (nSPS) is 20.2. The average Bonchev–Trinajstić information content (AvgIpc) is 3.84. The maximum Gasteiger partial charge on any atom is 0.481 e. The Labute approximate surface area is 412 Å². The molecule has 0 spiro atoms. The van der Waals surface area contributed by atoms with E-state index in [4.69, 9.17) is 19.5 Å². The molecular formula is C41H74N7O18P3S. The molecule has 0 bridgehead atoms. The number of hydrogen-bond donors (Lipinski definition) is 10. The number of rotatable bonds is 37. The topological polar surface area (TPSA) is 384 Å². The lowest BCUT2D eigenvalue weighted by atomic mass is 9.87. The van der Waals surface area contributed by atoms with E-state index in [0.717, 1.165) is 48.2 Å². The summed E-state index contributed by atoms with van der Waals surface area (Å²) < 4.78 is 62.4. The third-order valence-corrected chi connectivity index (χ3v) is 15.3. The molecule has 3 heterocycles. The van der Waals surface area contributed by atoms with Crippen LogP contribution < -0.4 is 16.4 Å². The van der Waals surface area contributed by atoms with Gasteiger partial charge in [0.15, 0.2) is 22.8 Å². The summed E-state index contributed by atoms with van der Waals surface area (Å²) in [5.74, 6) is -1.21. The minimum Gasteiger partial charge on any atom is -0.393 e. The van der Waals surface area contributed by atoms with Crippen LogP contribution in [-0.4, -0.2) is 134 Å². The molecule has 29 heteroatoms. The second-order valence-electron chi connectivity index (χ2n) is 17.9. The fraction of sp³-hybridized carbons (Fsp3) is 0.805. The molecule has 1 aliphatic heterocycles. The van der Waals surface area contributed by atoms with E-state index in [2.05, 4.69) is 41.3 Å². The maximum atomic E-state index is 12.8. The van der Waals surface area contributed by atoms with Gasteiger partial charge in [-0.25, -0.2) is 28.6 Å². The zero-order valence-electron chi connectivity index (χ0n) is 40.1. The molecule has 11 N–H and O–H groups in total. The second-order valence-corrected chi connectivity index (χ2v) is 23.3. The van der Waals surface area contributed by atoms with E-state index in [0.29, 0.717) is 6.42 Å². The van der Waals surface area contributed by atoms with Crippen LogP contribution in [-0.2, 0) is 50.7 Å². The number of ether oxygens (including phenoxy) is 1. The standard InChI is InChI=1S/C41H74N7O18P3S/c1-4-5-6-7-8-9-10-11-12-13-14-15-16-17-18-19-29(49)24-32(51)70-23-22-43-31(50)20-21-44-39(54)36(53)41(2,3)26-63-69(60,61)66-68(58,59)62-25-30-35(65-67(55,56)57)34(52)40(64-30)48-28-47-33-37(42)45-27-46-38(33)48/h27-30,34-36,40,49,52-53H,4-26H2,1-3H3,(H,43,50)(H,44,54)(H,58,59)(H,60,61)(H2,42,45,46)(H2,55,56,57)/t29?,30-,34-,35-,36+,40-/m1/s1. The summed E-state index contributed by atoms with van der Waals surface area (Å²) in [5.41, 5.74) is 4.26. The zero-order valence-corrected chi connectivity index (χ0v) is 43.6. The first-order chi connectivity index (χ1) is 32.9. The van der Waals surface area contributed by atoms with Gasteiger partial charge in [-0.2, -0.15) is 4.31 Å². The van der Waals surface area contributed by atoms with Crippen molar-refractivity contribution in [1.82, 2.24) is 30.2 Å². The number of aromatic nitrogens is 4. The Balaban J connectivity index is 1.28. The Morgan fingerprint density at radius 2 is 1.44 bits per heavy atom. The third kappa shape index (κ3) is 23.2. The molecule has 3 unspecified atom stereocenters. The molecule has 1 saturated heterocycles. The SMILES string of the molecule is CCCCCCCCCCCCCCCCCC(O)CC(=O)SCCNC(=O)CCNC(=O)[C@H](O)C(C)(C)COP(=O)(O)OP(=O)(O)OC[C@H]1O[C@@H](n2cnc3c(N)ncnc32)[C@H](O)[C@@H]1OP(=O)(O)O. The number of amides is 2. The summed E-state index contributed by atoms with van der Waals surface area (Å²) in [5, 5.41) is 36.7. The number of anilines is 1. The van der Waals surface area contributed by atoms with Gasteiger partial charge in [-0.15, -0.1) is 0 Å². The lowest BCUT2D eigenvalue weighted by molar-refractivity contribution is -0.137. The van der Waals surface area contributed by atoms with Crippen molar-refractivity contribution in [3.05, 3.63) is 12.7 Å². The number of carbonyl (C=O) groups is 3. The highest BCUT2D eigenvalue weighted by Crippen LogP contribution is 2.61. The number of aliphatic hydroxyl groups is 3. The molecule has 1 aliphatic rings. The van der Waals surface area contributed by atoms with Gasteiger partial charge in [-0.05, 0) is 6.42 Å². The number of hydrogen-bond acceptors (Lipinski definition) is 19. The molecule has 25 nitrogen and oxygen atoms in total. The largest absolute Gasteiger partial charge is 0.481 e. The Bertz CT molecular complexity index is 2070. The number of fused-ring (bicyclic) bond motifs is 1. The first-order valence-corrected chi connectivity index (χ1v) is 29.2. The Morgan fingerprint density at radius 1 is 0.857 bits per heavy atom. The molecule has 2 aromatic heterocycles. The summed E-state index contributed by atoms with van der Waals surface area (Å²) in [4.78, 5) is 88.5. The number of imidazole rings is 1. The van der Waals surface area contributed by atoms with Crippen molar-refractivity contribution in [2.75, 3.05) is 37.8 Å². The molecule has 0 saturated carbocycles. The highest BCUT2D eigenvalue weighted by Gasteiger charge is 2.50. The Kier molecular flexibility index (Phi) is 27.1. The van der Waals surface area contributed by atoms with Crippen LogP contribution >= 0.6 is 35.2 Å². The van der Waals surface area contributed by atoms with Crippen LogP contribution in [0.3, 0.4) is 0 Å². The first kappa shape index (κ1) is 61.8. The molecule has 0 aromatic carbocycles. The monoisotopic (exact) mass is 1080 g/mol. The summed E-state index contributed by atoms with van der Waals surface area (Å²) in [6.45, 7) is 2.65. The van der Waals surface area contributed by atoms with Crippen LogP contribution in [0.5, 0.6) is 0 Å². The van der Waals surface area contributed by atoms with Gasteiger partial charge in [0, 0.05) is 37.1 Å². The number of aliphatic hydroxyl groups excluding tert-OH is 3. The molecule has 70 heavy (non-hydrogen) atoms. The number of unbranched alkanes of at least 4 members (excludes halogenated alkanes) is 14. The number of carbonyl (C=O) groups excluding carboxylic acids is 3. The van der Waals surface area contributed by atoms with Crippen LogP contribution in [0.1, 0.15) is 143 Å². The highest BCUT2D eigenvalue weighted by molar-refractivity contribution is 8.13. The van der Waals surface area contributed by atoms with Crippen molar-refractivity contribution in [1.29, 1.82) is 0 Å². The predicted octanol–water partition coefficient (Wildman–Crippen LogP) is 4.68. The van der Waals surface area contributed by atoms with E-state index < -0.39 is 90.7 Å². The number of phosphoric ester groups is 3. The summed E-state index contributed by atoms with van der Waals surface area (Å²) in [6, 6.07) is 0. The van der Waals surface area contributed by atoms with E-state index in [1.165, 1.54) is 90.9 Å². The van der Waals surface area contributed by atoms with Crippen LogP contribution in [0, 0.1) is 5.41 Å². The van der Waals surface area contributed by atoms with Crippen molar-refractivity contribution in [2.45, 2.75) is 173 Å². The fourth-order valence-corrected chi connectivity index (χ4v) is 11.0. The van der Waals surface area contributed by atoms with Crippen molar-refractivity contribution in [2.24, 2.45) is 5.41 Å². The van der Waals surface area contributed by atoms with Gasteiger partial charge < -0.3 is 56.0 Å². The molecule has 0 aliphatic carbocycles. The minimum atomic E-state index is -5.59. The highest BCUT2D eigenvalue weighted by atomic mass is 32.2. The van der Waals surface area contributed by atoms with E-state index in [9.17, 15) is 63.0 Å². The average molecular weight is 1080 g/mol. The Morgan fingerprint density at radius 3 is 2.04 bits per heavy atom. The van der Waals surface area contributed by atoms with E-state index in [-0.39, 0.29) is 53.8 Å². The number of nitrogen functional groups attached to an aromatic ring is 1. The van der Waals surface area contributed by atoms with Crippen LogP contribution in [0.25, 0.3) is 11.2 Å². The van der Waals surface area contributed by atoms with Crippen LogP contribution in [0.2, 0.25) is 0 Å². The minimum absolute atomic E-state index is 0.0269. The van der Waals surface area contributed by atoms with E-state index >= 15 is 0 Å². The molecule has 2 amide bonds. The summed E-state index contributed by atoms with van der Waals surface area (Å²) in [7, 11) is -16.4. The van der Waals surface area contributed by atoms with Crippen molar-refractivity contribution >= 4 is 69.1 Å². The number of phosphoric acid groups is 3. The fourth-order valence-electron chi connectivity index (χ4n) is 7.40. The molecule has 2 aromatic rings. The molecule has 402 valence electrons. The molecule has 8 atom stereocenters. The number of nitrogens with zero attached hydrogens (tertiary/aromatic N) is 4. The number of nitrogens with two attached hydrogens (primary N) is 1. The number of thioether (sulfide) groups is 1. The van der Waals surface area contributed by atoms with Crippen LogP contribution in [0.15, 0.2) is 12.7 Å². The van der Waals surface area contributed by atoms with E-state index in [1.807, 2.05) is 0 Å². The lowest BCUT2D eigenvalue weighted by Crippen LogP contribution is -2.46. The quantitative estimate of drug-likeness (QED) is 0.0324. The van der Waals surface area contributed by atoms with Gasteiger partial charge in [-0.3, -0.25) is 32.5 Å². The maximum absolute atomic E-state index is 12.8. The van der Waals surface area contributed by atoms with Gasteiger partial charge in [0.2, 0.25) is 11.8 Å². The molecule has 1 fully saturated rings. The van der Waals surface area contributed by atoms with Crippen molar-refractivity contribution in [3.63, 3.8) is 0 Å². The predicted molar refractivity (Wildman–Crippen MR) is 257 cm³/mol. The molecular weight excluding hydrogens is 1000 g/mol. The van der Waals surface area contributed by atoms with Crippen molar-refractivity contribution < 1.29 is 85.6 Å². The smallest absolute Gasteiger partial charge is 0.393 e. The summed E-state index contributed by atoms with van der Waals surface area (Å²) in [6.07, 6.45) is 11.6. The first-order valence-electron chi connectivity index (χ1n) is 23.7. The third-order valence-electron chi connectivity index (χ3n) is 11.3. The van der Waals surface area contributed by atoms with Gasteiger partial charge >= 0.3 is 23.5 Å². The number of nitrogens with one attached hydrogen (secondary N) is 2. The second kappa shape index (κ2) is 30.7. The van der Waals surface area contributed by atoms with Gasteiger partial charge in [0.25, 0.3) is 0 Å². The van der Waals surface area contributed by atoms with E-state index in [1.54, 1.807) is 0 Å². The molecule has 0 radical (unpaired) electrons. The molecule has 3 rings (SSSR count). The van der Waals surface area contributed by atoms with Gasteiger partial charge in [0.05, 0.1) is 25.6 Å². The zero-order chi connectivity index (χ0) is 52.0. The van der Waals surface area contributed by atoms with Gasteiger partial charge in [-0.1, -0.05) is 129 Å². The lowest BCUT2D eigenvalue weighted by Gasteiger charge is -2.30. The Hall–Kier alpha value is -2.48. The van der Waals surface area contributed by atoms with Crippen LogP contribution in [0.4, 0.5) is 5.82 Å². The summed E-state index contributed by atoms with van der Waals surface area (Å²) >= 11 is 1.00.